The minimum absolute atomic E-state index is 0.399. The van der Waals surface area contributed by atoms with Crippen LogP contribution in [0.1, 0.15) is 5.56 Å². The fourth-order valence-corrected chi connectivity index (χ4v) is 2.12. The van der Waals surface area contributed by atoms with E-state index in [1.807, 2.05) is 44.2 Å². The van der Waals surface area contributed by atoms with Crippen LogP contribution in [0.15, 0.2) is 36.4 Å². The van der Waals surface area contributed by atoms with Crippen molar-refractivity contribution in [1.82, 2.24) is 0 Å². The molecule has 0 aliphatic carbocycles. The summed E-state index contributed by atoms with van der Waals surface area (Å²) in [6, 6.07) is 11.4. The summed E-state index contributed by atoms with van der Waals surface area (Å²) in [6.07, 6.45) is 0. The molecule has 0 atom stereocenters. The lowest BCUT2D eigenvalue weighted by atomic mass is 9.97. The first-order valence-electron chi connectivity index (χ1n) is 6.23. The summed E-state index contributed by atoms with van der Waals surface area (Å²) in [6.45, 7) is 0.399. The second kappa shape index (κ2) is 6.57. The fourth-order valence-electron chi connectivity index (χ4n) is 1.83. The normalized spacial score (nSPS) is 10.2. The maximum atomic E-state index is 6.14. The molecule has 0 aromatic heterocycles. The third kappa shape index (κ3) is 3.61. The molecule has 0 bridgehead atoms. The Morgan fingerprint density at radius 2 is 1.65 bits per heavy atom. The molecule has 0 unspecified atom stereocenters. The van der Waals surface area contributed by atoms with Gasteiger partial charge in [-0.1, -0.05) is 23.1 Å². The third-order valence-electron chi connectivity index (χ3n) is 2.89. The van der Waals surface area contributed by atoms with Crippen LogP contribution in [0, 0.1) is 0 Å². The lowest BCUT2D eigenvalue weighted by Crippen LogP contribution is -2.03. The van der Waals surface area contributed by atoms with Crippen LogP contribution in [0.5, 0.6) is 17.2 Å². The Kier molecular flexibility index (Phi) is 4.80. The van der Waals surface area contributed by atoms with Crippen molar-refractivity contribution in [3.63, 3.8) is 0 Å². The van der Waals surface area contributed by atoms with Crippen molar-refractivity contribution in [2.75, 3.05) is 14.2 Å². The van der Waals surface area contributed by atoms with E-state index in [1.54, 1.807) is 14.2 Å². The molecule has 2 rings (SSSR count). The molecule has 0 fully saturated rings. The molecule has 0 amide bonds. The molecule has 0 aliphatic rings. The van der Waals surface area contributed by atoms with Crippen LogP contribution in [0.4, 0.5) is 0 Å². The lowest BCUT2D eigenvalue weighted by Gasteiger charge is -2.11. The van der Waals surface area contributed by atoms with E-state index in [-0.39, 0.29) is 0 Å². The molecule has 0 N–H and O–H groups in total. The van der Waals surface area contributed by atoms with Crippen LogP contribution in [-0.4, -0.2) is 22.1 Å². The van der Waals surface area contributed by atoms with Gasteiger partial charge in [0.1, 0.15) is 31.7 Å². The van der Waals surface area contributed by atoms with Gasteiger partial charge in [-0.2, -0.15) is 0 Å². The maximum absolute atomic E-state index is 6.14. The van der Waals surface area contributed by atoms with Gasteiger partial charge in [-0.15, -0.1) is 0 Å². The largest absolute Gasteiger partial charge is 0.497 e. The molecule has 0 spiro atoms. The molecule has 0 heterocycles. The van der Waals surface area contributed by atoms with Gasteiger partial charge < -0.3 is 14.2 Å². The first kappa shape index (κ1) is 14.6. The van der Waals surface area contributed by atoms with Crippen molar-refractivity contribution in [1.29, 1.82) is 0 Å². The predicted molar refractivity (Wildman–Crippen MR) is 83.5 cm³/mol. The van der Waals surface area contributed by atoms with Gasteiger partial charge in [0.05, 0.1) is 19.2 Å². The van der Waals surface area contributed by atoms with Gasteiger partial charge in [0, 0.05) is 6.07 Å². The van der Waals surface area contributed by atoms with E-state index in [0.717, 1.165) is 22.5 Å². The minimum atomic E-state index is 0.399. The first-order chi connectivity index (χ1) is 9.62. The summed E-state index contributed by atoms with van der Waals surface area (Å²) in [5, 5.41) is 0.611. The molecular weight excluding hydrogens is 274 g/mol. The van der Waals surface area contributed by atoms with Crippen LogP contribution in [0.2, 0.25) is 5.02 Å². The van der Waals surface area contributed by atoms with Crippen molar-refractivity contribution >= 4 is 24.9 Å². The zero-order valence-corrected chi connectivity index (χ0v) is 12.5. The second-order valence-corrected chi connectivity index (χ2v) is 4.85. The van der Waals surface area contributed by atoms with E-state index >= 15 is 0 Å². The van der Waals surface area contributed by atoms with Crippen LogP contribution in [0.3, 0.4) is 0 Å². The summed E-state index contributed by atoms with van der Waals surface area (Å²) in [4.78, 5) is 0. The highest BCUT2D eigenvalue weighted by Crippen LogP contribution is 2.26. The summed E-state index contributed by atoms with van der Waals surface area (Å²) in [5.74, 6) is 2.13. The molecule has 2 aromatic rings. The Morgan fingerprint density at radius 1 is 1.00 bits per heavy atom. The molecule has 0 saturated heterocycles. The monoisotopic (exact) mass is 290 g/mol. The molecule has 2 aromatic carbocycles. The number of hydrogen-bond donors (Lipinski definition) is 0. The maximum Gasteiger partial charge on any atom is 0.139 e. The van der Waals surface area contributed by atoms with E-state index in [0.29, 0.717) is 17.4 Å². The Morgan fingerprint density at radius 3 is 2.20 bits per heavy atom. The molecule has 5 heteroatoms. The van der Waals surface area contributed by atoms with Gasteiger partial charge in [0.15, 0.2) is 0 Å². The van der Waals surface area contributed by atoms with Gasteiger partial charge >= 0.3 is 0 Å². The molecule has 0 radical (unpaired) electrons. The van der Waals surface area contributed by atoms with E-state index < -0.39 is 0 Å². The van der Waals surface area contributed by atoms with E-state index in [4.69, 9.17) is 25.8 Å². The fraction of sp³-hybridized carbons (Fsp3) is 0.200. The van der Waals surface area contributed by atoms with E-state index in [9.17, 15) is 0 Å². The highest BCUT2D eigenvalue weighted by molar-refractivity contribution is 6.37. The Balaban J connectivity index is 2.13. The highest BCUT2D eigenvalue weighted by atomic mass is 35.5. The Bertz CT molecular complexity index is 579. The zero-order valence-electron chi connectivity index (χ0n) is 11.8. The second-order valence-electron chi connectivity index (χ2n) is 4.44. The number of rotatable bonds is 5. The van der Waals surface area contributed by atoms with Crippen LogP contribution in [0.25, 0.3) is 0 Å². The molecule has 20 heavy (non-hydrogen) atoms. The first-order valence-corrected chi connectivity index (χ1v) is 6.61. The summed E-state index contributed by atoms with van der Waals surface area (Å²) >= 11 is 6.14. The number of benzene rings is 2. The van der Waals surface area contributed by atoms with Crippen LogP contribution >= 0.6 is 11.6 Å². The third-order valence-corrected chi connectivity index (χ3v) is 3.19. The number of halogens is 1. The molecule has 3 nitrogen and oxygen atoms in total. The molecular formula is C15H16BClO3. The van der Waals surface area contributed by atoms with E-state index in [1.165, 1.54) is 0 Å². The molecule has 104 valence electrons. The van der Waals surface area contributed by atoms with Gasteiger partial charge in [-0.25, -0.2) is 0 Å². The van der Waals surface area contributed by atoms with Crippen molar-refractivity contribution in [3.05, 3.63) is 47.0 Å². The average Bonchev–Trinajstić information content (AvgIpc) is 2.46. The smallest absolute Gasteiger partial charge is 0.139 e. The average molecular weight is 291 g/mol. The van der Waals surface area contributed by atoms with Crippen LogP contribution in [-0.2, 0) is 6.61 Å². The quantitative estimate of drug-likeness (QED) is 0.790. The van der Waals surface area contributed by atoms with Crippen LogP contribution < -0.4 is 19.7 Å². The molecule has 0 aliphatic heterocycles. The van der Waals surface area contributed by atoms with Gasteiger partial charge in [0.25, 0.3) is 0 Å². The summed E-state index contributed by atoms with van der Waals surface area (Å²) in [7, 11) is 5.23. The highest BCUT2D eigenvalue weighted by Gasteiger charge is 2.05. The standard InChI is InChI=1S/C15H16BClO3/c1-18-12-5-10(6-13(8-12)19-2)9-20-15-4-3-11(16)7-14(15)17/h3-8H,9,16H2,1-2H3. The Labute approximate surface area is 124 Å². The number of ether oxygens (including phenoxy) is 3. The topological polar surface area (TPSA) is 27.7 Å². The van der Waals surface area contributed by atoms with E-state index in [2.05, 4.69) is 0 Å². The van der Waals surface area contributed by atoms with Gasteiger partial charge in [-0.05, 0) is 29.8 Å². The predicted octanol–water partition coefficient (Wildman–Crippen LogP) is 2.19. The Hall–Kier alpha value is -1.81. The van der Waals surface area contributed by atoms with Gasteiger partial charge in [0.2, 0.25) is 0 Å². The van der Waals surface area contributed by atoms with Crippen molar-refractivity contribution in [3.8, 4) is 17.2 Å². The summed E-state index contributed by atoms with van der Waals surface area (Å²) < 4.78 is 16.2. The zero-order chi connectivity index (χ0) is 14.5. The van der Waals surface area contributed by atoms with Crippen molar-refractivity contribution < 1.29 is 14.2 Å². The summed E-state index contributed by atoms with van der Waals surface area (Å²) in [5.41, 5.74) is 2.06. The number of hydrogen-bond acceptors (Lipinski definition) is 3. The van der Waals surface area contributed by atoms with Crippen molar-refractivity contribution in [2.45, 2.75) is 6.61 Å². The molecule has 0 saturated carbocycles. The number of methoxy groups -OCH3 is 2. The van der Waals surface area contributed by atoms with Gasteiger partial charge in [-0.3, -0.25) is 0 Å². The SMILES string of the molecule is Bc1ccc(OCc2cc(OC)cc(OC)c2)c(Cl)c1. The van der Waals surface area contributed by atoms with Crippen molar-refractivity contribution in [2.24, 2.45) is 0 Å². The minimum Gasteiger partial charge on any atom is -0.497 e. The lowest BCUT2D eigenvalue weighted by molar-refractivity contribution is 0.304.